The smallest absolute Gasteiger partial charge is 0.251 e. The van der Waals surface area contributed by atoms with Crippen molar-refractivity contribution >= 4 is 17.5 Å². The molecule has 0 fully saturated rings. The summed E-state index contributed by atoms with van der Waals surface area (Å²) >= 11 is 0. The van der Waals surface area contributed by atoms with Crippen LogP contribution in [0.3, 0.4) is 0 Å². The number of hydrogen-bond acceptors (Lipinski definition) is 5. The first-order chi connectivity index (χ1) is 14.3. The average molecular weight is 410 g/mol. The van der Waals surface area contributed by atoms with Crippen LogP contribution in [0.5, 0.6) is 0 Å². The molecule has 2 N–H and O–H groups in total. The van der Waals surface area contributed by atoms with E-state index in [0.29, 0.717) is 17.1 Å². The zero-order valence-corrected chi connectivity index (χ0v) is 17.2. The van der Waals surface area contributed by atoms with Crippen LogP contribution < -0.4 is 10.6 Å². The van der Waals surface area contributed by atoms with Gasteiger partial charge in [-0.1, -0.05) is 31.5 Å². The maximum absolute atomic E-state index is 14.3. The molecule has 0 bridgehead atoms. The SMILES string of the molecule is Cc1ccc(C(=O)NC(C(=O)Nc2cc(-n3nnnc3C)ccc2F)C(C)C)cc1. The van der Waals surface area contributed by atoms with Crippen LogP contribution in [0.2, 0.25) is 0 Å². The van der Waals surface area contributed by atoms with E-state index in [4.69, 9.17) is 0 Å². The molecule has 0 saturated carbocycles. The van der Waals surface area contributed by atoms with Crippen LogP contribution in [0.1, 0.15) is 35.6 Å². The molecule has 1 atom stereocenters. The second kappa shape index (κ2) is 8.81. The summed E-state index contributed by atoms with van der Waals surface area (Å²) in [5, 5.41) is 16.5. The highest BCUT2D eigenvalue weighted by molar-refractivity contribution is 6.01. The van der Waals surface area contributed by atoms with Crippen molar-refractivity contribution in [3.05, 3.63) is 65.2 Å². The Kier molecular flexibility index (Phi) is 6.20. The molecule has 1 unspecified atom stereocenters. The number of nitrogens with zero attached hydrogens (tertiary/aromatic N) is 4. The molecule has 0 aliphatic carbocycles. The second-order valence-corrected chi connectivity index (χ2v) is 7.35. The highest BCUT2D eigenvalue weighted by Gasteiger charge is 2.25. The van der Waals surface area contributed by atoms with Crippen molar-refractivity contribution in [2.45, 2.75) is 33.7 Å². The van der Waals surface area contributed by atoms with E-state index >= 15 is 0 Å². The quantitative estimate of drug-likeness (QED) is 0.651. The highest BCUT2D eigenvalue weighted by Crippen LogP contribution is 2.20. The number of aryl methyl sites for hydroxylation is 2. The number of amides is 2. The van der Waals surface area contributed by atoms with Crippen molar-refractivity contribution in [2.24, 2.45) is 5.92 Å². The molecule has 3 rings (SSSR count). The van der Waals surface area contributed by atoms with Gasteiger partial charge in [-0.15, -0.1) is 5.10 Å². The van der Waals surface area contributed by atoms with E-state index in [9.17, 15) is 14.0 Å². The molecule has 1 aromatic heterocycles. The van der Waals surface area contributed by atoms with Gasteiger partial charge in [-0.05, 0) is 60.5 Å². The van der Waals surface area contributed by atoms with E-state index in [1.807, 2.05) is 19.1 Å². The summed E-state index contributed by atoms with van der Waals surface area (Å²) in [4.78, 5) is 25.4. The fourth-order valence-electron chi connectivity index (χ4n) is 2.89. The van der Waals surface area contributed by atoms with Crippen LogP contribution in [-0.2, 0) is 4.79 Å². The number of nitrogens with one attached hydrogen (secondary N) is 2. The van der Waals surface area contributed by atoms with E-state index in [2.05, 4.69) is 26.2 Å². The topological polar surface area (TPSA) is 102 Å². The summed E-state index contributed by atoms with van der Waals surface area (Å²) in [6.07, 6.45) is 0. The lowest BCUT2D eigenvalue weighted by atomic mass is 10.0. The van der Waals surface area contributed by atoms with Crippen molar-refractivity contribution in [1.29, 1.82) is 0 Å². The van der Waals surface area contributed by atoms with Crippen LogP contribution in [-0.4, -0.2) is 38.1 Å². The molecule has 2 aromatic carbocycles. The van der Waals surface area contributed by atoms with Crippen molar-refractivity contribution in [3.63, 3.8) is 0 Å². The molecule has 0 aliphatic rings. The molecule has 2 amide bonds. The summed E-state index contributed by atoms with van der Waals surface area (Å²) < 4.78 is 15.8. The molecule has 0 saturated heterocycles. The fraction of sp³-hybridized carbons (Fsp3) is 0.286. The lowest BCUT2D eigenvalue weighted by Gasteiger charge is -2.22. The van der Waals surface area contributed by atoms with E-state index in [1.54, 1.807) is 32.9 Å². The lowest BCUT2D eigenvalue weighted by Crippen LogP contribution is -2.47. The fourth-order valence-corrected chi connectivity index (χ4v) is 2.89. The first-order valence-corrected chi connectivity index (χ1v) is 9.49. The molecule has 3 aromatic rings. The number of rotatable bonds is 6. The monoisotopic (exact) mass is 410 g/mol. The van der Waals surface area contributed by atoms with Crippen molar-refractivity contribution < 1.29 is 14.0 Å². The van der Waals surface area contributed by atoms with E-state index in [-0.39, 0.29) is 17.5 Å². The average Bonchev–Trinajstić information content (AvgIpc) is 3.13. The van der Waals surface area contributed by atoms with Crippen LogP contribution in [0.15, 0.2) is 42.5 Å². The van der Waals surface area contributed by atoms with Crippen LogP contribution in [0.4, 0.5) is 10.1 Å². The molecule has 1 heterocycles. The second-order valence-electron chi connectivity index (χ2n) is 7.35. The predicted molar refractivity (Wildman–Crippen MR) is 110 cm³/mol. The zero-order chi connectivity index (χ0) is 21.8. The van der Waals surface area contributed by atoms with Gasteiger partial charge >= 0.3 is 0 Å². The van der Waals surface area contributed by atoms with Gasteiger partial charge in [0.1, 0.15) is 11.9 Å². The Labute approximate surface area is 173 Å². The normalized spacial score (nSPS) is 11.9. The number of hydrogen-bond donors (Lipinski definition) is 2. The Morgan fingerprint density at radius 1 is 1.07 bits per heavy atom. The van der Waals surface area contributed by atoms with Gasteiger partial charge in [-0.3, -0.25) is 9.59 Å². The third-order valence-corrected chi connectivity index (χ3v) is 4.63. The highest BCUT2D eigenvalue weighted by atomic mass is 19.1. The van der Waals surface area contributed by atoms with Gasteiger partial charge in [-0.2, -0.15) is 4.68 Å². The van der Waals surface area contributed by atoms with Crippen LogP contribution in [0, 0.1) is 25.6 Å². The van der Waals surface area contributed by atoms with Gasteiger partial charge < -0.3 is 10.6 Å². The number of aromatic nitrogens is 4. The van der Waals surface area contributed by atoms with Crippen LogP contribution >= 0.6 is 0 Å². The maximum Gasteiger partial charge on any atom is 0.251 e. The summed E-state index contributed by atoms with van der Waals surface area (Å²) in [5.41, 5.74) is 1.95. The molecule has 156 valence electrons. The first kappa shape index (κ1) is 21.1. The lowest BCUT2D eigenvalue weighted by molar-refractivity contribution is -0.118. The molecule has 9 heteroatoms. The molecule has 8 nitrogen and oxygen atoms in total. The minimum atomic E-state index is -0.850. The van der Waals surface area contributed by atoms with Crippen LogP contribution in [0.25, 0.3) is 5.69 Å². The molecular weight excluding hydrogens is 387 g/mol. The predicted octanol–water partition coefficient (Wildman–Crippen LogP) is 2.81. The number of benzene rings is 2. The van der Waals surface area contributed by atoms with Crippen molar-refractivity contribution in [2.75, 3.05) is 5.32 Å². The number of carbonyl (C=O) groups excluding carboxylic acids is 2. The van der Waals surface area contributed by atoms with E-state index in [0.717, 1.165) is 5.56 Å². The molecule has 0 spiro atoms. The third-order valence-electron chi connectivity index (χ3n) is 4.63. The Balaban J connectivity index is 1.79. The molecular formula is C21H23FN6O2. The van der Waals surface area contributed by atoms with Gasteiger partial charge in [0.25, 0.3) is 5.91 Å². The molecule has 30 heavy (non-hydrogen) atoms. The Morgan fingerprint density at radius 3 is 2.37 bits per heavy atom. The minimum absolute atomic E-state index is 0.0253. The third kappa shape index (κ3) is 4.68. The molecule has 0 aliphatic heterocycles. The van der Waals surface area contributed by atoms with Gasteiger partial charge in [0.05, 0.1) is 11.4 Å². The number of halogens is 1. The Morgan fingerprint density at radius 2 is 1.77 bits per heavy atom. The largest absolute Gasteiger partial charge is 0.340 e. The number of tetrazole rings is 1. The summed E-state index contributed by atoms with van der Waals surface area (Å²) in [6.45, 7) is 7.23. The van der Waals surface area contributed by atoms with Crippen molar-refractivity contribution in [3.8, 4) is 5.69 Å². The number of anilines is 1. The van der Waals surface area contributed by atoms with Gasteiger partial charge in [0.2, 0.25) is 5.91 Å². The Bertz CT molecular complexity index is 1060. The first-order valence-electron chi connectivity index (χ1n) is 9.49. The summed E-state index contributed by atoms with van der Waals surface area (Å²) in [7, 11) is 0. The zero-order valence-electron chi connectivity index (χ0n) is 17.2. The summed E-state index contributed by atoms with van der Waals surface area (Å²) in [5.74, 6) is -1.20. The minimum Gasteiger partial charge on any atom is -0.340 e. The number of carbonyl (C=O) groups is 2. The standard InChI is InChI=1S/C21H23FN6O2/c1-12(2)19(24-20(29)15-7-5-13(3)6-8-15)21(30)23-18-11-16(9-10-17(18)22)28-14(4)25-26-27-28/h5-12,19H,1-4H3,(H,23,30)(H,24,29). The maximum atomic E-state index is 14.3. The molecule has 0 radical (unpaired) electrons. The van der Waals surface area contributed by atoms with Gasteiger partial charge in [-0.25, -0.2) is 4.39 Å². The summed E-state index contributed by atoms with van der Waals surface area (Å²) in [6, 6.07) is 10.3. The van der Waals surface area contributed by atoms with E-state index < -0.39 is 17.8 Å². The van der Waals surface area contributed by atoms with Crippen molar-refractivity contribution in [1.82, 2.24) is 25.5 Å². The van der Waals surface area contributed by atoms with Gasteiger partial charge in [0, 0.05) is 5.56 Å². The van der Waals surface area contributed by atoms with E-state index in [1.165, 1.54) is 22.9 Å². The van der Waals surface area contributed by atoms with Gasteiger partial charge in [0.15, 0.2) is 5.82 Å². The Hall–Kier alpha value is -3.62.